The monoisotopic (exact) mass is 268 g/mol. The summed E-state index contributed by atoms with van der Waals surface area (Å²) in [5, 5.41) is 8.96. The summed E-state index contributed by atoms with van der Waals surface area (Å²) in [6, 6.07) is 7.68. The molecule has 2 rings (SSSR count). The summed E-state index contributed by atoms with van der Waals surface area (Å²) in [6.45, 7) is 0. The van der Waals surface area contributed by atoms with Gasteiger partial charge < -0.3 is 5.11 Å². The van der Waals surface area contributed by atoms with Crippen molar-refractivity contribution in [2.75, 3.05) is 0 Å². The van der Waals surface area contributed by atoms with Crippen LogP contribution in [0.2, 0.25) is 0 Å². The lowest BCUT2D eigenvalue weighted by Crippen LogP contribution is -2.29. The quantitative estimate of drug-likeness (QED) is 0.868. The highest BCUT2D eigenvalue weighted by atomic mass is 19.3. The van der Waals surface area contributed by atoms with Crippen LogP contribution in [0, 0.1) is 5.41 Å². The Hall–Kier alpha value is -1.45. The van der Waals surface area contributed by atoms with Crippen LogP contribution in [0.25, 0.3) is 0 Å². The van der Waals surface area contributed by atoms with E-state index in [-0.39, 0.29) is 18.4 Å². The van der Waals surface area contributed by atoms with E-state index in [0.717, 1.165) is 12.8 Å². The molecule has 1 saturated carbocycles. The SMILES string of the molecule is O=C(O)CC1(CC(F)(F)c2ccccc2)CCCC1. The minimum Gasteiger partial charge on any atom is -0.481 e. The molecule has 2 nitrogen and oxygen atoms in total. The zero-order chi connectivity index (χ0) is 13.9. The molecule has 1 N–H and O–H groups in total. The number of hydrogen-bond acceptors (Lipinski definition) is 1. The van der Waals surface area contributed by atoms with E-state index in [1.165, 1.54) is 12.1 Å². The Kier molecular flexibility index (Phi) is 3.88. The van der Waals surface area contributed by atoms with Gasteiger partial charge in [-0.15, -0.1) is 0 Å². The van der Waals surface area contributed by atoms with Gasteiger partial charge in [0.1, 0.15) is 0 Å². The first-order valence-electron chi connectivity index (χ1n) is 6.59. The maximum absolute atomic E-state index is 14.3. The van der Waals surface area contributed by atoms with Gasteiger partial charge in [0.05, 0.1) is 6.42 Å². The fraction of sp³-hybridized carbons (Fsp3) is 0.533. The number of carboxylic acids is 1. The summed E-state index contributed by atoms with van der Waals surface area (Å²) in [7, 11) is 0. The van der Waals surface area contributed by atoms with Crippen molar-refractivity contribution in [1.29, 1.82) is 0 Å². The molecule has 0 atom stereocenters. The number of halogens is 2. The third kappa shape index (κ3) is 3.31. The van der Waals surface area contributed by atoms with Crippen molar-refractivity contribution in [2.45, 2.75) is 44.4 Å². The average Bonchev–Trinajstić information content (AvgIpc) is 2.76. The number of alkyl halides is 2. The molecule has 1 aliphatic carbocycles. The number of benzene rings is 1. The van der Waals surface area contributed by atoms with Gasteiger partial charge in [0, 0.05) is 12.0 Å². The first-order chi connectivity index (χ1) is 8.94. The number of carboxylic acid groups (broad SMARTS) is 1. The van der Waals surface area contributed by atoms with Crippen molar-refractivity contribution in [3.05, 3.63) is 35.9 Å². The van der Waals surface area contributed by atoms with E-state index in [0.29, 0.717) is 12.8 Å². The van der Waals surface area contributed by atoms with Gasteiger partial charge in [0.25, 0.3) is 5.92 Å². The van der Waals surface area contributed by atoms with Crippen LogP contribution in [0.1, 0.15) is 44.1 Å². The first-order valence-corrected chi connectivity index (χ1v) is 6.59. The Morgan fingerprint density at radius 1 is 1.21 bits per heavy atom. The van der Waals surface area contributed by atoms with Crippen molar-refractivity contribution in [1.82, 2.24) is 0 Å². The molecule has 1 aromatic rings. The maximum Gasteiger partial charge on any atom is 0.303 e. The van der Waals surface area contributed by atoms with Gasteiger partial charge in [0.15, 0.2) is 0 Å². The normalized spacial score (nSPS) is 18.4. The molecule has 0 heterocycles. The summed E-state index contributed by atoms with van der Waals surface area (Å²) in [4.78, 5) is 10.9. The summed E-state index contributed by atoms with van der Waals surface area (Å²) < 4.78 is 28.6. The summed E-state index contributed by atoms with van der Waals surface area (Å²) in [5.74, 6) is -3.94. The van der Waals surface area contributed by atoms with Crippen LogP contribution >= 0.6 is 0 Å². The van der Waals surface area contributed by atoms with Gasteiger partial charge in [0.2, 0.25) is 0 Å². The lowest BCUT2D eigenvalue weighted by molar-refractivity contribution is -0.141. The molecule has 0 radical (unpaired) electrons. The fourth-order valence-corrected chi connectivity index (χ4v) is 3.12. The molecule has 0 saturated heterocycles. The van der Waals surface area contributed by atoms with Gasteiger partial charge in [-0.25, -0.2) is 8.78 Å². The van der Waals surface area contributed by atoms with Crippen molar-refractivity contribution >= 4 is 5.97 Å². The minimum absolute atomic E-state index is 0.0216. The molecule has 1 fully saturated rings. The Morgan fingerprint density at radius 3 is 2.32 bits per heavy atom. The standard InChI is InChI=1S/C15H18F2O2/c16-15(17,12-6-2-1-3-7-12)11-14(10-13(18)19)8-4-5-9-14/h1-3,6-7H,4-5,8-11H2,(H,18,19). The molecule has 0 amide bonds. The van der Waals surface area contributed by atoms with Crippen molar-refractivity contribution in [3.8, 4) is 0 Å². The molecule has 0 bridgehead atoms. The molecule has 1 aromatic carbocycles. The first kappa shape index (κ1) is 14.0. The highest BCUT2D eigenvalue weighted by Gasteiger charge is 2.45. The van der Waals surface area contributed by atoms with Crippen LogP contribution in [-0.2, 0) is 10.7 Å². The zero-order valence-electron chi connectivity index (χ0n) is 10.7. The number of carbonyl (C=O) groups is 1. The maximum atomic E-state index is 14.3. The Balaban J connectivity index is 2.19. The Morgan fingerprint density at radius 2 is 1.79 bits per heavy atom. The van der Waals surface area contributed by atoms with E-state index >= 15 is 0 Å². The van der Waals surface area contributed by atoms with E-state index in [2.05, 4.69) is 0 Å². The molecule has 104 valence electrons. The second kappa shape index (κ2) is 5.27. The van der Waals surface area contributed by atoms with E-state index in [4.69, 9.17) is 5.11 Å². The van der Waals surface area contributed by atoms with E-state index in [1.807, 2.05) is 0 Å². The molecular formula is C15H18F2O2. The topological polar surface area (TPSA) is 37.3 Å². The predicted octanol–water partition coefficient (Wildman–Crippen LogP) is 4.20. The van der Waals surface area contributed by atoms with Gasteiger partial charge in [-0.1, -0.05) is 43.2 Å². The second-order valence-electron chi connectivity index (χ2n) is 5.52. The van der Waals surface area contributed by atoms with E-state index < -0.39 is 17.3 Å². The van der Waals surface area contributed by atoms with Gasteiger partial charge >= 0.3 is 5.97 Å². The van der Waals surface area contributed by atoms with E-state index in [9.17, 15) is 13.6 Å². The number of aliphatic carboxylic acids is 1. The second-order valence-corrected chi connectivity index (χ2v) is 5.52. The molecule has 0 unspecified atom stereocenters. The van der Waals surface area contributed by atoms with Crippen LogP contribution < -0.4 is 0 Å². The molecule has 19 heavy (non-hydrogen) atoms. The van der Waals surface area contributed by atoms with Crippen LogP contribution in [0.5, 0.6) is 0 Å². The number of hydrogen-bond donors (Lipinski definition) is 1. The minimum atomic E-state index is -2.96. The zero-order valence-corrected chi connectivity index (χ0v) is 10.7. The molecule has 0 aliphatic heterocycles. The van der Waals surface area contributed by atoms with Crippen LogP contribution in [0.3, 0.4) is 0 Å². The third-order valence-corrected chi connectivity index (χ3v) is 3.98. The van der Waals surface area contributed by atoms with E-state index in [1.54, 1.807) is 18.2 Å². The van der Waals surface area contributed by atoms with Crippen LogP contribution in [-0.4, -0.2) is 11.1 Å². The summed E-state index contributed by atoms with van der Waals surface area (Å²) in [5.41, 5.74) is -0.766. The highest BCUT2D eigenvalue weighted by Crippen LogP contribution is 2.50. The molecule has 4 heteroatoms. The number of rotatable bonds is 5. The highest BCUT2D eigenvalue weighted by molar-refractivity contribution is 5.67. The predicted molar refractivity (Wildman–Crippen MR) is 68.1 cm³/mol. The van der Waals surface area contributed by atoms with Gasteiger partial charge in [-0.05, 0) is 18.3 Å². The smallest absolute Gasteiger partial charge is 0.303 e. The lowest BCUT2D eigenvalue weighted by atomic mass is 9.76. The fourth-order valence-electron chi connectivity index (χ4n) is 3.12. The average molecular weight is 268 g/mol. The third-order valence-electron chi connectivity index (χ3n) is 3.98. The summed E-state index contributed by atoms with van der Waals surface area (Å²) >= 11 is 0. The van der Waals surface area contributed by atoms with Crippen LogP contribution in [0.15, 0.2) is 30.3 Å². The summed E-state index contributed by atoms with van der Waals surface area (Å²) in [6.07, 6.45) is 2.34. The molecule has 0 spiro atoms. The van der Waals surface area contributed by atoms with Gasteiger partial charge in [-0.3, -0.25) is 4.79 Å². The Bertz CT molecular complexity index is 437. The van der Waals surface area contributed by atoms with Crippen molar-refractivity contribution < 1.29 is 18.7 Å². The van der Waals surface area contributed by atoms with Gasteiger partial charge in [-0.2, -0.15) is 0 Å². The molecular weight excluding hydrogens is 250 g/mol. The largest absolute Gasteiger partial charge is 0.481 e. The van der Waals surface area contributed by atoms with Crippen molar-refractivity contribution in [3.63, 3.8) is 0 Å². The van der Waals surface area contributed by atoms with Crippen LogP contribution in [0.4, 0.5) is 8.78 Å². The Labute approximate surface area is 111 Å². The molecule has 1 aliphatic rings. The van der Waals surface area contributed by atoms with Crippen molar-refractivity contribution in [2.24, 2.45) is 5.41 Å². The molecule has 0 aromatic heterocycles. The lowest BCUT2D eigenvalue weighted by Gasteiger charge is -2.31.